The van der Waals surface area contributed by atoms with Gasteiger partial charge in [0.25, 0.3) is 0 Å². The van der Waals surface area contributed by atoms with Crippen LogP contribution in [0, 0.1) is 5.92 Å². The SMILES string of the molecule is ONCc1ccc2c(c1)c1ccccc1n2CC1CC1. The topological polar surface area (TPSA) is 37.2 Å². The number of rotatable bonds is 4. The quantitative estimate of drug-likeness (QED) is 0.707. The van der Waals surface area contributed by atoms with Gasteiger partial charge in [-0.25, -0.2) is 5.48 Å². The highest BCUT2D eigenvalue weighted by molar-refractivity contribution is 6.08. The van der Waals surface area contributed by atoms with E-state index in [-0.39, 0.29) is 0 Å². The molecule has 1 aromatic heterocycles. The van der Waals surface area contributed by atoms with Crippen molar-refractivity contribution in [1.29, 1.82) is 0 Å². The third-order valence-electron chi connectivity index (χ3n) is 4.26. The normalized spacial score (nSPS) is 15.2. The average Bonchev–Trinajstić information content (AvgIpc) is 3.24. The highest BCUT2D eigenvalue weighted by atomic mass is 16.5. The summed E-state index contributed by atoms with van der Waals surface area (Å²) in [5.74, 6) is 0.854. The second-order valence-corrected chi connectivity index (χ2v) is 5.76. The third-order valence-corrected chi connectivity index (χ3v) is 4.26. The fraction of sp³-hybridized carbons (Fsp3) is 0.294. The molecule has 2 aromatic carbocycles. The Bertz CT molecular complexity index is 771. The van der Waals surface area contributed by atoms with E-state index in [9.17, 15) is 0 Å². The molecule has 4 rings (SSSR count). The first-order valence-electron chi connectivity index (χ1n) is 7.23. The van der Waals surface area contributed by atoms with Crippen LogP contribution in [-0.2, 0) is 13.1 Å². The molecule has 0 aliphatic heterocycles. The van der Waals surface area contributed by atoms with Gasteiger partial charge in [0.05, 0.1) is 0 Å². The van der Waals surface area contributed by atoms with Crippen LogP contribution in [0.1, 0.15) is 18.4 Å². The zero-order valence-electron chi connectivity index (χ0n) is 11.3. The molecule has 0 radical (unpaired) electrons. The van der Waals surface area contributed by atoms with Crippen LogP contribution in [0.3, 0.4) is 0 Å². The van der Waals surface area contributed by atoms with Crippen molar-refractivity contribution in [3.05, 3.63) is 48.0 Å². The number of aromatic nitrogens is 1. The Hall–Kier alpha value is -1.84. The standard InChI is InChI=1S/C17H18N2O/c20-18-10-13-7-8-17-15(9-13)14-3-1-2-4-16(14)19(17)11-12-5-6-12/h1-4,7-9,12,18,20H,5-6,10-11H2. The van der Waals surface area contributed by atoms with Crippen molar-refractivity contribution in [3.63, 3.8) is 0 Å². The summed E-state index contributed by atoms with van der Waals surface area (Å²) in [7, 11) is 0. The number of nitrogens with zero attached hydrogens (tertiary/aromatic N) is 1. The number of hydroxylamine groups is 1. The summed E-state index contributed by atoms with van der Waals surface area (Å²) in [6, 6.07) is 15.1. The first kappa shape index (κ1) is 11.9. The summed E-state index contributed by atoms with van der Waals surface area (Å²) in [5, 5.41) is 11.5. The van der Waals surface area contributed by atoms with Crippen molar-refractivity contribution in [1.82, 2.24) is 10.0 Å². The van der Waals surface area contributed by atoms with Gasteiger partial charge >= 0.3 is 0 Å². The molecule has 1 saturated carbocycles. The van der Waals surface area contributed by atoms with E-state index in [4.69, 9.17) is 5.21 Å². The van der Waals surface area contributed by atoms with E-state index in [1.54, 1.807) is 0 Å². The van der Waals surface area contributed by atoms with Crippen LogP contribution >= 0.6 is 0 Å². The van der Waals surface area contributed by atoms with Gasteiger partial charge in [0.1, 0.15) is 0 Å². The molecule has 1 aliphatic rings. The monoisotopic (exact) mass is 266 g/mol. The lowest BCUT2D eigenvalue weighted by atomic mass is 10.1. The Balaban J connectivity index is 1.97. The molecule has 0 unspecified atom stereocenters. The zero-order chi connectivity index (χ0) is 13.5. The Labute approximate surface area is 117 Å². The summed E-state index contributed by atoms with van der Waals surface area (Å²) in [4.78, 5) is 0. The molecule has 0 atom stereocenters. The van der Waals surface area contributed by atoms with Gasteiger partial charge in [0, 0.05) is 34.9 Å². The van der Waals surface area contributed by atoms with Crippen molar-refractivity contribution in [2.24, 2.45) is 5.92 Å². The van der Waals surface area contributed by atoms with E-state index in [0.717, 1.165) is 18.0 Å². The molecule has 20 heavy (non-hydrogen) atoms. The number of para-hydroxylation sites is 1. The zero-order valence-corrected chi connectivity index (χ0v) is 11.3. The van der Waals surface area contributed by atoms with Gasteiger partial charge in [-0.05, 0) is 42.5 Å². The number of hydrogen-bond donors (Lipinski definition) is 2. The Kier molecular flexibility index (Phi) is 2.76. The van der Waals surface area contributed by atoms with Crippen molar-refractivity contribution in [2.75, 3.05) is 0 Å². The summed E-state index contributed by atoms with van der Waals surface area (Å²) < 4.78 is 2.46. The molecule has 0 spiro atoms. The lowest BCUT2D eigenvalue weighted by Gasteiger charge is -2.06. The second kappa shape index (κ2) is 4.62. The minimum absolute atomic E-state index is 0.484. The van der Waals surface area contributed by atoms with E-state index in [1.165, 1.54) is 34.6 Å². The lowest BCUT2D eigenvalue weighted by molar-refractivity contribution is 0.161. The van der Waals surface area contributed by atoms with E-state index < -0.39 is 0 Å². The van der Waals surface area contributed by atoms with E-state index in [1.807, 2.05) is 0 Å². The van der Waals surface area contributed by atoms with Crippen molar-refractivity contribution >= 4 is 21.8 Å². The lowest BCUT2D eigenvalue weighted by Crippen LogP contribution is -2.05. The summed E-state index contributed by atoms with van der Waals surface area (Å²) in [6.07, 6.45) is 2.72. The Morgan fingerprint density at radius 2 is 1.85 bits per heavy atom. The van der Waals surface area contributed by atoms with Crippen LogP contribution in [0.2, 0.25) is 0 Å². The predicted molar refractivity (Wildman–Crippen MR) is 80.8 cm³/mol. The van der Waals surface area contributed by atoms with Gasteiger partial charge < -0.3 is 9.77 Å². The summed E-state index contributed by atoms with van der Waals surface area (Å²) in [6.45, 7) is 1.61. The summed E-state index contributed by atoms with van der Waals surface area (Å²) in [5.41, 5.74) is 5.97. The first-order chi connectivity index (χ1) is 9.86. The minimum atomic E-state index is 0.484. The molecule has 1 heterocycles. The van der Waals surface area contributed by atoms with Crippen LogP contribution in [-0.4, -0.2) is 9.77 Å². The van der Waals surface area contributed by atoms with Gasteiger partial charge in [0.15, 0.2) is 0 Å². The number of benzene rings is 2. The number of hydrogen-bond acceptors (Lipinski definition) is 2. The van der Waals surface area contributed by atoms with Crippen LogP contribution in [0.5, 0.6) is 0 Å². The second-order valence-electron chi connectivity index (χ2n) is 5.76. The maximum Gasteiger partial charge on any atom is 0.0491 e. The highest BCUT2D eigenvalue weighted by Crippen LogP contribution is 2.36. The molecule has 0 saturated heterocycles. The van der Waals surface area contributed by atoms with Gasteiger partial charge in [-0.15, -0.1) is 0 Å². The first-order valence-corrected chi connectivity index (χ1v) is 7.23. The van der Waals surface area contributed by atoms with Crippen LogP contribution in [0.25, 0.3) is 21.8 Å². The van der Waals surface area contributed by atoms with Crippen molar-refractivity contribution in [3.8, 4) is 0 Å². The van der Waals surface area contributed by atoms with Crippen molar-refractivity contribution < 1.29 is 5.21 Å². The molecule has 1 fully saturated rings. The average molecular weight is 266 g/mol. The van der Waals surface area contributed by atoms with Crippen molar-refractivity contribution in [2.45, 2.75) is 25.9 Å². The molecular weight excluding hydrogens is 248 g/mol. The summed E-state index contributed by atoms with van der Waals surface area (Å²) >= 11 is 0. The Morgan fingerprint density at radius 1 is 1.05 bits per heavy atom. The fourth-order valence-electron chi connectivity index (χ4n) is 3.06. The van der Waals surface area contributed by atoms with Gasteiger partial charge in [-0.1, -0.05) is 24.3 Å². The molecule has 3 nitrogen and oxygen atoms in total. The maximum absolute atomic E-state index is 8.88. The van der Waals surface area contributed by atoms with E-state index >= 15 is 0 Å². The van der Waals surface area contributed by atoms with Crippen LogP contribution in [0.4, 0.5) is 0 Å². The number of fused-ring (bicyclic) bond motifs is 3. The molecular formula is C17H18N2O. The largest absolute Gasteiger partial charge is 0.340 e. The van der Waals surface area contributed by atoms with Crippen LogP contribution in [0.15, 0.2) is 42.5 Å². The van der Waals surface area contributed by atoms with Gasteiger partial charge in [0.2, 0.25) is 0 Å². The molecule has 102 valence electrons. The molecule has 0 bridgehead atoms. The van der Waals surface area contributed by atoms with Gasteiger partial charge in [-0.3, -0.25) is 0 Å². The van der Waals surface area contributed by atoms with Crippen LogP contribution < -0.4 is 5.48 Å². The Morgan fingerprint density at radius 3 is 2.65 bits per heavy atom. The van der Waals surface area contributed by atoms with E-state index in [2.05, 4.69) is 52.5 Å². The molecule has 3 aromatic rings. The molecule has 1 aliphatic carbocycles. The van der Waals surface area contributed by atoms with Gasteiger partial charge in [-0.2, -0.15) is 0 Å². The maximum atomic E-state index is 8.88. The van der Waals surface area contributed by atoms with E-state index in [0.29, 0.717) is 6.54 Å². The predicted octanol–water partition coefficient (Wildman–Crippen LogP) is 3.68. The smallest absolute Gasteiger partial charge is 0.0491 e. The molecule has 2 N–H and O–H groups in total. The number of nitrogens with one attached hydrogen (secondary N) is 1. The minimum Gasteiger partial charge on any atom is -0.340 e. The highest BCUT2D eigenvalue weighted by Gasteiger charge is 2.23. The molecule has 3 heteroatoms. The molecule has 0 amide bonds. The fourth-order valence-corrected chi connectivity index (χ4v) is 3.06. The third kappa shape index (κ3) is 1.90.